The molecular formula is C28H33FN6O5. The molecule has 4 aliphatic rings. The predicted molar refractivity (Wildman–Crippen MR) is 144 cm³/mol. The fraction of sp³-hybridized carbons (Fsp3) is 0.571. The maximum Gasteiger partial charge on any atom is 0.411 e. The number of morpholine rings is 1. The number of amides is 1. The summed E-state index contributed by atoms with van der Waals surface area (Å²) in [5.41, 5.74) is 1.93. The molecule has 0 radical (unpaired) electrons. The third-order valence-electron chi connectivity index (χ3n) is 8.63. The molecule has 2 aromatic heterocycles. The van der Waals surface area contributed by atoms with Gasteiger partial charge in [-0.25, -0.2) is 23.8 Å². The number of fused-ring (bicyclic) bond motifs is 3. The Morgan fingerprint density at radius 3 is 2.40 bits per heavy atom. The summed E-state index contributed by atoms with van der Waals surface area (Å²) in [6.07, 6.45) is 6.56. The quantitative estimate of drug-likeness (QED) is 0.481. The first-order valence-electron chi connectivity index (χ1n) is 14.1. The van der Waals surface area contributed by atoms with Crippen molar-refractivity contribution in [2.45, 2.75) is 62.6 Å². The zero-order chi connectivity index (χ0) is 27.3. The molecule has 11 nitrogen and oxygen atoms in total. The zero-order valence-corrected chi connectivity index (χ0v) is 22.2. The van der Waals surface area contributed by atoms with Gasteiger partial charge in [0.1, 0.15) is 12.5 Å². The van der Waals surface area contributed by atoms with Crippen molar-refractivity contribution in [1.29, 1.82) is 0 Å². The van der Waals surface area contributed by atoms with Crippen LogP contribution in [0.1, 0.15) is 44.6 Å². The lowest BCUT2D eigenvalue weighted by atomic mass is 9.90. The number of hydrogen-bond acceptors (Lipinski definition) is 8. The van der Waals surface area contributed by atoms with E-state index in [1.165, 1.54) is 0 Å². The molecule has 12 heteroatoms. The Labute approximate surface area is 230 Å². The second-order valence-corrected chi connectivity index (χ2v) is 11.1. The maximum atomic E-state index is 12.9. The Balaban J connectivity index is 1.26. The van der Waals surface area contributed by atoms with Gasteiger partial charge in [-0.2, -0.15) is 5.10 Å². The van der Waals surface area contributed by atoms with E-state index < -0.39 is 18.6 Å². The minimum atomic E-state index is -1.20. The number of nitrogens with zero attached hydrogens (tertiary/aromatic N) is 6. The SMILES string of the molecule is O=C(O)N(CCF)c1ccc(-c2nc(N3CC4CCC(C3)O4)c3cnn(C4CCC5(CC4)OCCO5)c3n2)cc1. The summed E-state index contributed by atoms with van der Waals surface area (Å²) in [4.78, 5) is 24.9. The van der Waals surface area contributed by atoms with E-state index in [9.17, 15) is 14.3 Å². The molecule has 3 aromatic rings. The molecule has 3 aliphatic heterocycles. The Morgan fingerprint density at radius 2 is 1.75 bits per heavy atom. The molecule has 212 valence electrons. The van der Waals surface area contributed by atoms with Crippen molar-refractivity contribution in [3.05, 3.63) is 30.5 Å². The van der Waals surface area contributed by atoms with Gasteiger partial charge in [-0.1, -0.05) is 0 Å². The van der Waals surface area contributed by atoms with Crippen LogP contribution in [0.3, 0.4) is 0 Å². The Hall–Kier alpha value is -3.35. The van der Waals surface area contributed by atoms with E-state index >= 15 is 0 Å². The molecule has 2 bridgehead atoms. The second-order valence-electron chi connectivity index (χ2n) is 11.1. The van der Waals surface area contributed by atoms with Crippen molar-refractivity contribution in [3.8, 4) is 11.4 Å². The van der Waals surface area contributed by atoms with Gasteiger partial charge in [-0.3, -0.25) is 4.90 Å². The smallest absolute Gasteiger partial charge is 0.411 e. The maximum absolute atomic E-state index is 12.9. The number of aromatic nitrogens is 4. The highest BCUT2D eigenvalue weighted by Gasteiger charge is 2.41. The van der Waals surface area contributed by atoms with Gasteiger partial charge in [0, 0.05) is 37.2 Å². The summed E-state index contributed by atoms with van der Waals surface area (Å²) in [6, 6.07) is 7.08. The molecule has 4 fully saturated rings. The number of hydrogen-bond donors (Lipinski definition) is 1. The molecule has 1 aliphatic carbocycles. The van der Waals surface area contributed by atoms with Gasteiger partial charge in [0.15, 0.2) is 17.3 Å². The normalized spacial score (nSPS) is 24.3. The van der Waals surface area contributed by atoms with Gasteiger partial charge in [-0.05, 0) is 49.9 Å². The van der Waals surface area contributed by atoms with Gasteiger partial charge in [0.25, 0.3) is 0 Å². The molecule has 1 N–H and O–H groups in total. The zero-order valence-electron chi connectivity index (χ0n) is 22.2. The van der Waals surface area contributed by atoms with E-state index in [2.05, 4.69) is 4.90 Å². The lowest BCUT2D eigenvalue weighted by Gasteiger charge is -2.35. The summed E-state index contributed by atoms with van der Waals surface area (Å²) < 4.78 is 32.9. The molecule has 40 heavy (non-hydrogen) atoms. The first kappa shape index (κ1) is 25.6. The van der Waals surface area contributed by atoms with Crippen molar-refractivity contribution >= 4 is 28.6 Å². The molecule has 5 heterocycles. The number of halogens is 1. The fourth-order valence-electron chi connectivity index (χ4n) is 6.62. The summed E-state index contributed by atoms with van der Waals surface area (Å²) in [7, 11) is 0. The lowest BCUT2D eigenvalue weighted by Crippen LogP contribution is -2.43. The number of alkyl halides is 1. The molecule has 2 atom stereocenters. The topological polar surface area (TPSA) is 115 Å². The Morgan fingerprint density at radius 1 is 1.05 bits per heavy atom. The predicted octanol–water partition coefficient (Wildman–Crippen LogP) is 4.17. The van der Waals surface area contributed by atoms with Gasteiger partial charge >= 0.3 is 6.09 Å². The standard InChI is InChI=1S/C28H33FN6O5/c29-11-12-34(27(36)37)19-3-1-18(2-4-19)24-31-25(33-16-21-5-6-22(17-33)40-21)23-15-30-35(26(23)32-24)20-7-9-28(10-8-20)38-13-14-39-28/h1-4,15,20-22H,5-14,16-17H2,(H,36,37). The summed E-state index contributed by atoms with van der Waals surface area (Å²) in [5.74, 6) is 0.928. The highest BCUT2D eigenvalue weighted by molar-refractivity contribution is 5.89. The summed E-state index contributed by atoms with van der Waals surface area (Å²) in [5, 5.41) is 15.2. The number of ether oxygens (including phenoxy) is 3. The lowest BCUT2D eigenvalue weighted by molar-refractivity contribution is -0.181. The minimum Gasteiger partial charge on any atom is -0.465 e. The third-order valence-corrected chi connectivity index (χ3v) is 8.63. The van der Waals surface area contributed by atoms with E-state index in [-0.39, 0.29) is 24.8 Å². The van der Waals surface area contributed by atoms with Crippen molar-refractivity contribution in [2.75, 3.05) is 49.3 Å². The van der Waals surface area contributed by atoms with Crippen molar-refractivity contribution < 1.29 is 28.5 Å². The molecule has 1 amide bonds. The van der Waals surface area contributed by atoms with E-state index in [0.717, 1.165) is 78.9 Å². The fourth-order valence-corrected chi connectivity index (χ4v) is 6.62. The van der Waals surface area contributed by atoms with Gasteiger partial charge in [0.2, 0.25) is 0 Å². The van der Waals surface area contributed by atoms with Crippen molar-refractivity contribution in [3.63, 3.8) is 0 Å². The van der Waals surface area contributed by atoms with E-state index in [1.54, 1.807) is 24.3 Å². The van der Waals surface area contributed by atoms with Gasteiger partial charge < -0.3 is 24.2 Å². The second kappa shape index (κ2) is 10.2. The highest BCUT2D eigenvalue weighted by atomic mass is 19.1. The molecule has 1 aromatic carbocycles. The number of carboxylic acid groups (broad SMARTS) is 1. The molecule has 1 saturated carbocycles. The average molecular weight is 553 g/mol. The van der Waals surface area contributed by atoms with Crippen molar-refractivity contribution in [2.24, 2.45) is 0 Å². The van der Waals surface area contributed by atoms with Crippen LogP contribution in [0, 0.1) is 0 Å². The Bertz CT molecular complexity index is 1370. The number of carbonyl (C=O) groups is 1. The molecular weight excluding hydrogens is 519 g/mol. The van der Waals surface area contributed by atoms with Gasteiger partial charge in [0.05, 0.1) is 49.6 Å². The van der Waals surface area contributed by atoms with Crippen LogP contribution < -0.4 is 9.80 Å². The van der Waals surface area contributed by atoms with Crippen LogP contribution in [0.4, 0.5) is 20.7 Å². The van der Waals surface area contributed by atoms with E-state index in [4.69, 9.17) is 29.3 Å². The number of benzene rings is 1. The monoisotopic (exact) mass is 552 g/mol. The molecule has 3 saturated heterocycles. The van der Waals surface area contributed by atoms with Crippen molar-refractivity contribution in [1.82, 2.24) is 19.7 Å². The van der Waals surface area contributed by atoms with Crippen LogP contribution in [0.15, 0.2) is 30.5 Å². The third kappa shape index (κ3) is 4.57. The average Bonchev–Trinajstić information content (AvgIpc) is 3.70. The minimum absolute atomic E-state index is 0.166. The molecule has 2 unspecified atom stereocenters. The summed E-state index contributed by atoms with van der Waals surface area (Å²) in [6.45, 7) is 1.84. The molecule has 7 rings (SSSR count). The van der Waals surface area contributed by atoms with Crippen LogP contribution in [-0.4, -0.2) is 88.5 Å². The van der Waals surface area contributed by atoms with Crippen LogP contribution in [0.2, 0.25) is 0 Å². The van der Waals surface area contributed by atoms with Gasteiger partial charge in [-0.15, -0.1) is 0 Å². The van der Waals surface area contributed by atoms with Crippen LogP contribution in [-0.2, 0) is 14.2 Å². The van der Waals surface area contributed by atoms with Crippen LogP contribution in [0.25, 0.3) is 22.4 Å². The Kier molecular flexibility index (Phi) is 6.56. The molecule has 1 spiro atoms. The number of anilines is 2. The van der Waals surface area contributed by atoms with Crippen LogP contribution in [0.5, 0.6) is 0 Å². The first-order chi connectivity index (χ1) is 19.5. The largest absolute Gasteiger partial charge is 0.465 e. The highest BCUT2D eigenvalue weighted by Crippen LogP contribution is 2.42. The first-order valence-corrected chi connectivity index (χ1v) is 14.1. The van der Waals surface area contributed by atoms with Crippen LogP contribution >= 0.6 is 0 Å². The van der Waals surface area contributed by atoms with E-state index in [0.29, 0.717) is 24.7 Å². The van der Waals surface area contributed by atoms with E-state index in [1.807, 2.05) is 10.9 Å². The number of rotatable bonds is 6. The summed E-state index contributed by atoms with van der Waals surface area (Å²) >= 11 is 0.